The molecule has 0 bridgehead atoms. The lowest BCUT2D eigenvalue weighted by atomic mass is 10.1. The zero-order chi connectivity index (χ0) is 22.0. The molecule has 0 unspecified atom stereocenters. The third kappa shape index (κ3) is 4.50. The number of nitrogens with zero attached hydrogens (tertiary/aromatic N) is 7. The molecule has 4 heterocycles. The average molecular weight is 408 g/mol. The second kappa shape index (κ2) is 8.90. The molecule has 0 saturated carbocycles. The number of imidazole rings is 1. The molecule has 0 atom stereocenters. The van der Waals surface area contributed by atoms with Gasteiger partial charge in [-0.05, 0) is 23.7 Å². The molecule has 0 aliphatic carbocycles. The van der Waals surface area contributed by atoms with Crippen molar-refractivity contribution in [2.24, 2.45) is 0 Å². The van der Waals surface area contributed by atoms with Crippen molar-refractivity contribution in [3.05, 3.63) is 53.9 Å². The number of rotatable bonds is 4. The Hall–Kier alpha value is -2.83. The van der Waals surface area contributed by atoms with Crippen LogP contribution in [0.2, 0.25) is 0 Å². The highest BCUT2D eigenvalue weighted by atomic mass is 15.3. The van der Waals surface area contributed by atoms with Gasteiger partial charge in [0.05, 0.1) is 29.0 Å². The van der Waals surface area contributed by atoms with Crippen LogP contribution in [-0.2, 0) is 0 Å². The zero-order valence-corrected chi connectivity index (χ0v) is 19.3. The van der Waals surface area contributed by atoms with Gasteiger partial charge in [-0.3, -0.25) is 9.97 Å². The van der Waals surface area contributed by atoms with E-state index in [4.69, 9.17) is 0 Å². The van der Waals surface area contributed by atoms with E-state index < -0.39 is 0 Å². The van der Waals surface area contributed by atoms with Crippen LogP contribution in [0.1, 0.15) is 102 Å². The molecule has 160 valence electrons. The van der Waals surface area contributed by atoms with Gasteiger partial charge in [0.1, 0.15) is 6.33 Å². The highest BCUT2D eigenvalue weighted by Crippen LogP contribution is 2.21. The summed E-state index contributed by atoms with van der Waals surface area (Å²) in [6.45, 7) is 17.2. The second-order valence-corrected chi connectivity index (χ2v) is 8.91. The van der Waals surface area contributed by atoms with Crippen LogP contribution >= 0.6 is 0 Å². The van der Waals surface area contributed by atoms with Gasteiger partial charge in [-0.25, -0.2) is 14.5 Å². The van der Waals surface area contributed by atoms with E-state index in [0.29, 0.717) is 23.7 Å². The fraction of sp³-hybridized carbons (Fsp3) is 0.522. The Balaban J connectivity index is 0.000000171. The van der Waals surface area contributed by atoms with Crippen LogP contribution in [0.15, 0.2) is 31.1 Å². The van der Waals surface area contributed by atoms with E-state index in [9.17, 15) is 0 Å². The first-order chi connectivity index (χ1) is 14.2. The SMILES string of the molecule is CC(C)c1cn2ccnc2c(C(C)C)n1.CC(C)c1cn2ncnc2c(C(C)C)n1. The number of fused-ring (bicyclic) bond motifs is 2. The summed E-state index contributed by atoms with van der Waals surface area (Å²) in [6, 6.07) is 0. The smallest absolute Gasteiger partial charge is 0.177 e. The first-order valence-corrected chi connectivity index (χ1v) is 10.7. The van der Waals surface area contributed by atoms with Crippen LogP contribution < -0.4 is 0 Å². The van der Waals surface area contributed by atoms with Crippen LogP contribution in [0, 0.1) is 0 Å². The summed E-state index contributed by atoms with van der Waals surface area (Å²) in [4.78, 5) is 17.9. The highest BCUT2D eigenvalue weighted by molar-refractivity contribution is 5.46. The summed E-state index contributed by atoms with van der Waals surface area (Å²) in [5, 5.41) is 4.17. The molecule has 4 aromatic heterocycles. The van der Waals surface area contributed by atoms with Crippen LogP contribution in [0.5, 0.6) is 0 Å². The van der Waals surface area contributed by atoms with Gasteiger partial charge < -0.3 is 4.40 Å². The van der Waals surface area contributed by atoms with Gasteiger partial charge in [-0.15, -0.1) is 0 Å². The molecule has 4 rings (SSSR count). The average Bonchev–Trinajstić information content (AvgIpc) is 3.35. The zero-order valence-electron chi connectivity index (χ0n) is 19.3. The van der Waals surface area contributed by atoms with Crippen molar-refractivity contribution in [3.63, 3.8) is 0 Å². The lowest BCUT2D eigenvalue weighted by molar-refractivity contribution is 0.740. The van der Waals surface area contributed by atoms with Gasteiger partial charge >= 0.3 is 0 Å². The summed E-state index contributed by atoms with van der Waals surface area (Å²) in [5.41, 5.74) is 6.16. The fourth-order valence-electron chi connectivity index (χ4n) is 3.18. The lowest BCUT2D eigenvalue weighted by Crippen LogP contribution is -2.05. The second-order valence-electron chi connectivity index (χ2n) is 8.91. The van der Waals surface area contributed by atoms with Gasteiger partial charge in [0.2, 0.25) is 0 Å². The van der Waals surface area contributed by atoms with Crippen molar-refractivity contribution >= 4 is 11.3 Å². The lowest BCUT2D eigenvalue weighted by Gasteiger charge is -2.11. The Morgan fingerprint density at radius 1 is 0.667 bits per heavy atom. The molecule has 30 heavy (non-hydrogen) atoms. The summed E-state index contributed by atoms with van der Waals surface area (Å²) in [7, 11) is 0. The number of hydrogen-bond acceptors (Lipinski definition) is 5. The molecule has 0 aliphatic rings. The first-order valence-electron chi connectivity index (χ1n) is 10.7. The van der Waals surface area contributed by atoms with Gasteiger partial charge in [-0.2, -0.15) is 5.10 Å². The van der Waals surface area contributed by atoms with E-state index in [2.05, 4.69) is 91.0 Å². The molecule has 0 amide bonds. The predicted octanol–water partition coefficient (Wildman–Crippen LogP) is 5.35. The maximum atomic E-state index is 4.69. The molecule has 0 aromatic carbocycles. The summed E-state index contributed by atoms with van der Waals surface area (Å²) >= 11 is 0. The molecule has 7 heteroatoms. The van der Waals surface area contributed by atoms with Crippen LogP contribution in [0.4, 0.5) is 0 Å². The monoisotopic (exact) mass is 407 g/mol. The molecule has 0 N–H and O–H groups in total. The molecular weight excluding hydrogens is 374 g/mol. The molecular formula is C23H33N7. The molecule has 0 aliphatic heterocycles. The van der Waals surface area contributed by atoms with Crippen molar-refractivity contribution in [3.8, 4) is 0 Å². The van der Waals surface area contributed by atoms with Gasteiger partial charge in [0, 0.05) is 18.6 Å². The Morgan fingerprint density at radius 3 is 1.80 bits per heavy atom. The Kier molecular flexibility index (Phi) is 6.48. The fourth-order valence-corrected chi connectivity index (χ4v) is 3.18. The minimum atomic E-state index is 0.371. The largest absolute Gasteiger partial charge is 0.304 e. The molecule has 0 fully saturated rings. The Bertz CT molecular complexity index is 1030. The van der Waals surface area contributed by atoms with E-state index in [1.165, 1.54) is 0 Å². The van der Waals surface area contributed by atoms with E-state index in [1.807, 2.05) is 23.1 Å². The third-order valence-electron chi connectivity index (χ3n) is 5.00. The summed E-state index contributed by atoms with van der Waals surface area (Å²) in [6.07, 6.45) is 9.41. The van der Waals surface area contributed by atoms with Crippen molar-refractivity contribution in [1.29, 1.82) is 0 Å². The molecule has 7 nitrogen and oxygen atoms in total. The van der Waals surface area contributed by atoms with Crippen LogP contribution in [0.3, 0.4) is 0 Å². The molecule has 4 aromatic rings. The van der Waals surface area contributed by atoms with E-state index in [1.54, 1.807) is 6.33 Å². The van der Waals surface area contributed by atoms with Crippen molar-refractivity contribution in [2.45, 2.75) is 79.1 Å². The van der Waals surface area contributed by atoms with Crippen LogP contribution in [0.25, 0.3) is 11.3 Å². The number of aromatic nitrogens is 7. The minimum absolute atomic E-state index is 0.371. The summed E-state index contributed by atoms with van der Waals surface area (Å²) in [5.74, 6) is 1.65. The van der Waals surface area contributed by atoms with E-state index >= 15 is 0 Å². The maximum absolute atomic E-state index is 4.69. The standard InChI is InChI=1S/C12H17N3.C11H16N4/c1-8(2)10-7-15-6-5-13-12(15)11(14-10)9(3)4;1-7(2)9-5-15-11(12-6-13-15)10(14-9)8(3)4/h5-9H,1-4H3;5-8H,1-4H3. The van der Waals surface area contributed by atoms with Crippen molar-refractivity contribution in [1.82, 2.24) is 34.0 Å². The van der Waals surface area contributed by atoms with Gasteiger partial charge in [-0.1, -0.05) is 55.4 Å². The Labute approximate surface area is 178 Å². The molecule has 0 spiro atoms. The van der Waals surface area contributed by atoms with E-state index in [-0.39, 0.29) is 0 Å². The molecule has 0 saturated heterocycles. The van der Waals surface area contributed by atoms with Crippen molar-refractivity contribution in [2.75, 3.05) is 0 Å². The highest BCUT2D eigenvalue weighted by Gasteiger charge is 2.13. The first kappa shape index (κ1) is 21.9. The van der Waals surface area contributed by atoms with Gasteiger partial charge in [0.15, 0.2) is 11.3 Å². The van der Waals surface area contributed by atoms with Crippen molar-refractivity contribution < 1.29 is 0 Å². The predicted molar refractivity (Wildman–Crippen MR) is 120 cm³/mol. The van der Waals surface area contributed by atoms with Crippen LogP contribution in [-0.4, -0.2) is 34.0 Å². The maximum Gasteiger partial charge on any atom is 0.177 e. The quantitative estimate of drug-likeness (QED) is 0.456. The Morgan fingerprint density at radius 2 is 1.23 bits per heavy atom. The molecule has 0 radical (unpaired) electrons. The topological polar surface area (TPSA) is 73.3 Å². The number of hydrogen-bond donors (Lipinski definition) is 0. The third-order valence-corrected chi connectivity index (χ3v) is 5.00. The minimum Gasteiger partial charge on any atom is -0.304 e. The summed E-state index contributed by atoms with van der Waals surface area (Å²) < 4.78 is 3.88. The van der Waals surface area contributed by atoms with Gasteiger partial charge in [0.25, 0.3) is 0 Å². The normalized spacial score (nSPS) is 11.9. The van der Waals surface area contributed by atoms with E-state index in [0.717, 1.165) is 34.1 Å².